The standard InChI is InChI=1S/C14H20O2.C2H6/c1-15-13-10-6-9-12(14(13)16-2)11-7-4-3-5-8-11;1-2/h6,9-11H,3-5,7-8H2,1-2H3;1-2H3. The smallest absolute Gasteiger partial charge is 0.164 e. The molecular formula is C16H26O2. The molecule has 1 aliphatic rings. The molecule has 0 aliphatic heterocycles. The van der Waals surface area contributed by atoms with Crippen LogP contribution >= 0.6 is 0 Å². The van der Waals surface area contributed by atoms with Gasteiger partial charge in [-0.15, -0.1) is 0 Å². The lowest BCUT2D eigenvalue weighted by Gasteiger charge is -2.24. The zero-order valence-corrected chi connectivity index (χ0v) is 12.2. The number of benzene rings is 1. The second-order valence-electron chi connectivity index (χ2n) is 4.42. The minimum absolute atomic E-state index is 0.652. The molecule has 2 nitrogen and oxygen atoms in total. The van der Waals surface area contributed by atoms with Gasteiger partial charge in [0.2, 0.25) is 0 Å². The zero-order chi connectivity index (χ0) is 13.4. The lowest BCUT2D eigenvalue weighted by atomic mass is 9.83. The number of hydrogen-bond donors (Lipinski definition) is 0. The van der Waals surface area contributed by atoms with Crippen molar-refractivity contribution in [2.45, 2.75) is 51.9 Å². The molecule has 0 spiro atoms. The average Bonchev–Trinajstić information content (AvgIpc) is 2.49. The summed E-state index contributed by atoms with van der Waals surface area (Å²) in [6.45, 7) is 4.00. The Hall–Kier alpha value is -1.18. The summed E-state index contributed by atoms with van der Waals surface area (Å²) in [4.78, 5) is 0. The van der Waals surface area contributed by atoms with E-state index in [9.17, 15) is 0 Å². The number of hydrogen-bond acceptors (Lipinski definition) is 2. The molecular weight excluding hydrogens is 224 g/mol. The molecule has 2 heteroatoms. The molecule has 0 amide bonds. The molecule has 0 atom stereocenters. The molecule has 18 heavy (non-hydrogen) atoms. The van der Waals surface area contributed by atoms with Crippen LogP contribution < -0.4 is 9.47 Å². The third-order valence-corrected chi connectivity index (χ3v) is 3.48. The molecule has 0 heterocycles. The summed E-state index contributed by atoms with van der Waals surface area (Å²) >= 11 is 0. The minimum Gasteiger partial charge on any atom is -0.493 e. The van der Waals surface area contributed by atoms with Gasteiger partial charge < -0.3 is 9.47 Å². The summed E-state index contributed by atoms with van der Waals surface area (Å²) in [7, 11) is 3.42. The molecule has 0 N–H and O–H groups in total. The highest BCUT2D eigenvalue weighted by atomic mass is 16.5. The Balaban J connectivity index is 0.000000771. The van der Waals surface area contributed by atoms with Crippen molar-refractivity contribution < 1.29 is 9.47 Å². The van der Waals surface area contributed by atoms with Crippen LogP contribution in [0.15, 0.2) is 18.2 Å². The monoisotopic (exact) mass is 250 g/mol. The Morgan fingerprint density at radius 2 is 1.61 bits per heavy atom. The molecule has 0 unspecified atom stereocenters. The van der Waals surface area contributed by atoms with Crippen LogP contribution in [-0.2, 0) is 0 Å². The highest BCUT2D eigenvalue weighted by molar-refractivity contribution is 5.48. The Kier molecular flexibility index (Phi) is 6.63. The van der Waals surface area contributed by atoms with E-state index in [0.29, 0.717) is 5.92 Å². The van der Waals surface area contributed by atoms with Gasteiger partial charge in [-0.2, -0.15) is 0 Å². The van der Waals surface area contributed by atoms with Crippen LogP contribution in [0.3, 0.4) is 0 Å². The van der Waals surface area contributed by atoms with Crippen molar-refractivity contribution in [3.63, 3.8) is 0 Å². The second-order valence-corrected chi connectivity index (χ2v) is 4.42. The van der Waals surface area contributed by atoms with Gasteiger partial charge in [0.15, 0.2) is 11.5 Å². The fourth-order valence-corrected chi connectivity index (χ4v) is 2.65. The molecule has 0 bridgehead atoms. The highest BCUT2D eigenvalue weighted by Crippen LogP contribution is 2.41. The van der Waals surface area contributed by atoms with E-state index in [0.717, 1.165) is 11.5 Å². The van der Waals surface area contributed by atoms with Crippen molar-refractivity contribution in [2.75, 3.05) is 14.2 Å². The fourth-order valence-electron chi connectivity index (χ4n) is 2.65. The van der Waals surface area contributed by atoms with Gasteiger partial charge in [-0.25, -0.2) is 0 Å². The van der Waals surface area contributed by atoms with Gasteiger partial charge in [0.05, 0.1) is 14.2 Å². The Morgan fingerprint density at radius 3 is 2.17 bits per heavy atom. The lowest BCUT2D eigenvalue weighted by molar-refractivity contribution is 0.343. The first-order valence-corrected chi connectivity index (χ1v) is 7.07. The van der Waals surface area contributed by atoms with Gasteiger partial charge >= 0.3 is 0 Å². The van der Waals surface area contributed by atoms with Gasteiger partial charge in [-0.1, -0.05) is 45.2 Å². The number of ether oxygens (including phenoxy) is 2. The summed E-state index contributed by atoms with van der Waals surface area (Å²) in [6, 6.07) is 6.20. The van der Waals surface area contributed by atoms with Crippen LogP contribution in [-0.4, -0.2) is 14.2 Å². The molecule has 1 aromatic rings. The normalized spacial score (nSPS) is 15.6. The van der Waals surface area contributed by atoms with E-state index in [2.05, 4.69) is 12.1 Å². The van der Waals surface area contributed by atoms with Gasteiger partial charge in [0.1, 0.15) is 0 Å². The lowest BCUT2D eigenvalue weighted by Crippen LogP contribution is -2.06. The summed E-state index contributed by atoms with van der Waals surface area (Å²) in [5.74, 6) is 2.43. The molecule has 1 fully saturated rings. The summed E-state index contributed by atoms with van der Waals surface area (Å²) in [5, 5.41) is 0. The molecule has 1 aromatic carbocycles. The third-order valence-electron chi connectivity index (χ3n) is 3.48. The Labute approximate surface area is 111 Å². The summed E-state index contributed by atoms with van der Waals surface area (Å²) in [5.41, 5.74) is 1.32. The highest BCUT2D eigenvalue weighted by Gasteiger charge is 2.20. The number of rotatable bonds is 3. The molecule has 0 radical (unpaired) electrons. The molecule has 1 saturated carbocycles. The van der Waals surface area contributed by atoms with E-state index in [1.54, 1.807) is 14.2 Å². The van der Waals surface area contributed by atoms with E-state index in [-0.39, 0.29) is 0 Å². The average molecular weight is 250 g/mol. The minimum atomic E-state index is 0.652. The SMILES string of the molecule is CC.COc1cccc(C2CCCCC2)c1OC. The first-order valence-electron chi connectivity index (χ1n) is 7.07. The molecule has 0 saturated heterocycles. The van der Waals surface area contributed by atoms with Crippen molar-refractivity contribution >= 4 is 0 Å². The third kappa shape index (κ3) is 3.41. The quantitative estimate of drug-likeness (QED) is 0.768. The first-order chi connectivity index (χ1) is 8.86. The molecule has 102 valence electrons. The van der Waals surface area contributed by atoms with E-state index in [1.807, 2.05) is 19.9 Å². The van der Waals surface area contributed by atoms with Crippen LogP contribution in [0.5, 0.6) is 11.5 Å². The fraction of sp³-hybridized carbons (Fsp3) is 0.625. The summed E-state index contributed by atoms with van der Waals surface area (Å²) < 4.78 is 10.8. The van der Waals surface area contributed by atoms with Crippen LogP contribution in [0.25, 0.3) is 0 Å². The predicted molar refractivity (Wildman–Crippen MR) is 76.7 cm³/mol. The second kappa shape index (κ2) is 8.02. The van der Waals surface area contributed by atoms with Gasteiger partial charge in [-0.05, 0) is 24.8 Å². The van der Waals surface area contributed by atoms with Crippen molar-refractivity contribution in [3.05, 3.63) is 23.8 Å². The first kappa shape index (κ1) is 14.9. The van der Waals surface area contributed by atoms with Gasteiger partial charge in [0, 0.05) is 5.56 Å². The van der Waals surface area contributed by atoms with E-state index < -0.39 is 0 Å². The predicted octanol–water partition coefficient (Wildman–Crippen LogP) is 4.78. The number of methoxy groups -OCH3 is 2. The van der Waals surface area contributed by atoms with Gasteiger partial charge in [-0.3, -0.25) is 0 Å². The van der Waals surface area contributed by atoms with Crippen LogP contribution in [0, 0.1) is 0 Å². The molecule has 2 rings (SSSR count). The van der Waals surface area contributed by atoms with Crippen molar-refractivity contribution in [1.82, 2.24) is 0 Å². The van der Waals surface area contributed by atoms with E-state index >= 15 is 0 Å². The van der Waals surface area contributed by atoms with Gasteiger partial charge in [0.25, 0.3) is 0 Å². The van der Waals surface area contributed by atoms with Crippen molar-refractivity contribution in [1.29, 1.82) is 0 Å². The summed E-state index contributed by atoms with van der Waals surface area (Å²) in [6.07, 6.45) is 6.62. The van der Waals surface area contributed by atoms with E-state index in [1.165, 1.54) is 37.7 Å². The van der Waals surface area contributed by atoms with Crippen molar-refractivity contribution in [3.8, 4) is 11.5 Å². The molecule has 1 aliphatic carbocycles. The number of para-hydroxylation sites is 1. The van der Waals surface area contributed by atoms with Crippen molar-refractivity contribution in [2.24, 2.45) is 0 Å². The van der Waals surface area contributed by atoms with Crippen LogP contribution in [0.2, 0.25) is 0 Å². The Bertz CT molecular complexity index is 341. The largest absolute Gasteiger partial charge is 0.493 e. The Morgan fingerprint density at radius 1 is 0.944 bits per heavy atom. The maximum absolute atomic E-state index is 5.50. The zero-order valence-electron chi connectivity index (χ0n) is 12.2. The molecule has 0 aromatic heterocycles. The maximum Gasteiger partial charge on any atom is 0.164 e. The maximum atomic E-state index is 5.50. The van der Waals surface area contributed by atoms with Crippen LogP contribution in [0.4, 0.5) is 0 Å². The topological polar surface area (TPSA) is 18.5 Å². The van der Waals surface area contributed by atoms with Crippen LogP contribution in [0.1, 0.15) is 57.4 Å². The van der Waals surface area contributed by atoms with E-state index in [4.69, 9.17) is 9.47 Å².